The van der Waals surface area contributed by atoms with E-state index >= 15 is 0 Å². The zero-order chi connectivity index (χ0) is 11.9. The normalized spacial score (nSPS) is 14.0. The second-order valence-electron chi connectivity index (χ2n) is 3.94. The van der Waals surface area contributed by atoms with Crippen LogP contribution >= 0.6 is 0 Å². The third-order valence-corrected chi connectivity index (χ3v) is 2.93. The standard InChI is InChI=1S/C10H22N2O2Si/c1-7-9(3)11-13-15(5,6)14-12-10(4)8-2/h7-8H2,1-6H3/b11-9+,12-10+. The maximum atomic E-state index is 5.37. The molecule has 0 unspecified atom stereocenters. The first kappa shape index (κ1) is 14.2. The molecular weight excluding hydrogens is 208 g/mol. The van der Waals surface area contributed by atoms with Crippen LogP contribution in [0.25, 0.3) is 0 Å². The largest absolute Gasteiger partial charge is 0.503 e. The number of nitrogens with zero attached hydrogens (tertiary/aromatic N) is 2. The van der Waals surface area contributed by atoms with Gasteiger partial charge in [-0.15, -0.1) is 10.3 Å². The van der Waals surface area contributed by atoms with E-state index < -0.39 is 8.56 Å². The van der Waals surface area contributed by atoms with Crippen LogP contribution in [0.15, 0.2) is 10.3 Å². The minimum Gasteiger partial charge on any atom is -0.408 e. The third kappa shape index (κ3) is 7.13. The van der Waals surface area contributed by atoms with Crippen LogP contribution in [0.4, 0.5) is 0 Å². The van der Waals surface area contributed by atoms with Crippen molar-refractivity contribution in [1.29, 1.82) is 0 Å². The Morgan fingerprint density at radius 1 is 0.933 bits per heavy atom. The predicted octanol–water partition coefficient (Wildman–Crippen LogP) is 3.29. The summed E-state index contributed by atoms with van der Waals surface area (Å²) in [6, 6.07) is 0. The quantitative estimate of drug-likeness (QED) is 0.399. The van der Waals surface area contributed by atoms with Crippen molar-refractivity contribution < 1.29 is 9.05 Å². The summed E-state index contributed by atoms with van der Waals surface area (Å²) in [4.78, 5) is 0. The van der Waals surface area contributed by atoms with E-state index in [0.717, 1.165) is 24.3 Å². The Morgan fingerprint density at radius 3 is 1.53 bits per heavy atom. The zero-order valence-corrected chi connectivity index (χ0v) is 11.6. The van der Waals surface area contributed by atoms with E-state index in [1.807, 2.05) is 40.8 Å². The summed E-state index contributed by atoms with van der Waals surface area (Å²) in [7, 11) is -2.24. The van der Waals surface area contributed by atoms with Crippen LogP contribution in [0.1, 0.15) is 40.5 Å². The van der Waals surface area contributed by atoms with Crippen molar-refractivity contribution in [3.05, 3.63) is 0 Å². The highest BCUT2D eigenvalue weighted by Crippen LogP contribution is 2.08. The summed E-state index contributed by atoms with van der Waals surface area (Å²) in [5.74, 6) is 0. The Morgan fingerprint density at radius 2 is 1.27 bits per heavy atom. The molecule has 4 nitrogen and oxygen atoms in total. The second-order valence-corrected chi connectivity index (χ2v) is 7.11. The number of hydrogen-bond donors (Lipinski definition) is 0. The number of hydrogen-bond acceptors (Lipinski definition) is 4. The van der Waals surface area contributed by atoms with Gasteiger partial charge >= 0.3 is 8.56 Å². The van der Waals surface area contributed by atoms with Crippen LogP contribution in [-0.2, 0) is 9.05 Å². The Labute approximate surface area is 93.6 Å². The molecule has 0 aliphatic heterocycles. The molecule has 0 amide bonds. The van der Waals surface area contributed by atoms with Gasteiger partial charge in [0.25, 0.3) is 0 Å². The lowest BCUT2D eigenvalue weighted by molar-refractivity contribution is 0.192. The second kappa shape index (κ2) is 6.61. The number of oxime groups is 2. The molecule has 0 aromatic heterocycles. The van der Waals surface area contributed by atoms with E-state index in [4.69, 9.17) is 9.05 Å². The minimum absolute atomic E-state index is 0.891. The molecule has 0 aromatic rings. The van der Waals surface area contributed by atoms with E-state index in [2.05, 4.69) is 10.3 Å². The van der Waals surface area contributed by atoms with Crippen LogP contribution < -0.4 is 0 Å². The molecule has 0 bridgehead atoms. The maximum absolute atomic E-state index is 5.37. The van der Waals surface area contributed by atoms with Crippen molar-refractivity contribution in [2.24, 2.45) is 10.3 Å². The Balaban J connectivity index is 4.19. The first-order valence-electron chi connectivity index (χ1n) is 5.34. The van der Waals surface area contributed by atoms with Gasteiger partial charge in [0.05, 0.1) is 11.4 Å². The van der Waals surface area contributed by atoms with Crippen molar-refractivity contribution in [3.8, 4) is 0 Å². The molecule has 5 heteroatoms. The van der Waals surface area contributed by atoms with Crippen LogP contribution in [0, 0.1) is 0 Å². The van der Waals surface area contributed by atoms with Crippen molar-refractivity contribution >= 4 is 20.0 Å². The van der Waals surface area contributed by atoms with Gasteiger partial charge in [0.2, 0.25) is 0 Å². The van der Waals surface area contributed by atoms with E-state index in [-0.39, 0.29) is 0 Å². The summed E-state index contributed by atoms with van der Waals surface area (Å²) in [5.41, 5.74) is 1.94. The highest BCUT2D eigenvalue weighted by molar-refractivity contribution is 6.64. The Hall–Kier alpha value is -0.843. The SMILES string of the molecule is CC/C(C)=N/O[Si](C)(C)O/N=C(\C)CC. The molecule has 0 radical (unpaired) electrons. The summed E-state index contributed by atoms with van der Waals surface area (Å²) in [5, 5.41) is 8.00. The molecular formula is C10H22N2O2Si. The Bertz CT molecular complexity index is 226. The molecule has 0 heterocycles. The smallest absolute Gasteiger partial charge is 0.408 e. The van der Waals surface area contributed by atoms with Gasteiger partial charge in [0.1, 0.15) is 0 Å². The van der Waals surface area contributed by atoms with E-state index in [1.165, 1.54) is 0 Å². The summed E-state index contributed by atoms with van der Waals surface area (Å²) < 4.78 is 10.7. The van der Waals surface area contributed by atoms with Crippen molar-refractivity contribution in [2.75, 3.05) is 0 Å². The number of rotatable bonds is 6. The summed E-state index contributed by atoms with van der Waals surface area (Å²) >= 11 is 0. The fourth-order valence-electron chi connectivity index (χ4n) is 0.521. The third-order valence-electron chi connectivity index (χ3n) is 1.87. The fourth-order valence-corrected chi connectivity index (χ4v) is 1.31. The van der Waals surface area contributed by atoms with Gasteiger partial charge in [0.15, 0.2) is 0 Å². The molecule has 0 saturated heterocycles. The summed E-state index contributed by atoms with van der Waals surface area (Å²) in [6.07, 6.45) is 1.78. The molecule has 0 saturated carbocycles. The van der Waals surface area contributed by atoms with Crippen LogP contribution in [-0.4, -0.2) is 20.0 Å². The van der Waals surface area contributed by atoms with E-state index in [9.17, 15) is 0 Å². The zero-order valence-electron chi connectivity index (χ0n) is 10.6. The average Bonchev–Trinajstić information content (AvgIpc) is 2.22. The molecule has 15 heavy (non-hydrogen) atoms. The van der Waals surface area contributed by atoms with Gasteiger partial charge < -0.3 is 9.05 Å². The van der Waals surface area contributed by atoms with Crippen molar-refractivity contribution in [3.63, 3.8) is 0 Å². The molecule has 0 fully saturated rings. The van der Waals surface area contributed by atoms with Crippen LogP contribution in [0.5, 0.6) is 0 Å². The van der Waals surface area contributed by atoms with Gasteiger partial charge in [-0.25, -0.2) is 0 Å². The first-order chi connectivity index (χ1) is 6.91. The molecule has 0 aliphatic carbocycles. The lowest BCUT2D eigenvalue weighted by Gasteiger charge is -2.17. The highest BCUT2D eigenvalue weighted by Gasteiger charge is 2.29. The van der Waals surface area contributed by atoms with Gasteiger partial charge in [-0.2, -0.15) is 0 Å². The minimum atomic E-state index is -2.24. The monoisotopic (exact) mass is 230 g/mol. The van der Waals surface area contributed by atoms with Crippen molar-refractivity contribution in [1.82, 2.24) is 0 Å². The Kier molecular flexibility index (Phi) is 6.23. The fraction of sp³-hybridized carbons (Fsp3) is 0.800. The van der Waals surface area contributed by atoms with Gasteiger partial charge in [0, 0.05) is 13.1 Å². The van der Waals surface area contributed by atoms with E-state index in [1.54, 1.807) is 0 Å². The summed E-state index contributed by atoms with van der Waals surface area (Å²) in [6.45, 7) is 11.8. The molecule has 0 aromatic carbocycles. The predicted molar refractivity (Wildman–Crippen MR) is 66.5 cm³/mol. The first-order valence-corrected chi connectivity index (χ1v) is 8.16. The lowest BCUT2D eigenvalue weighted by atomic mass is 10.3. The molecule has 0 atom stereocenters. The lowest BCUT2D eigenvalue weighted by Crippen LogP contribution is -2.31. The topological polar surface area (TPSA) is 43.2 Å². The van der Waals surface area contributed by atoms with E-state index in [0.29, 0.717) is 0 Å². The van der Waals surface area contributed by atoms with Crippen molar-refractivity contribution in [2.45, 2.75) is 53.6 Å². The molecule has 0 aliphatic rings. The maximum Gasteiger partial charge on any atom is 0.503 e. The molecule has 0 spiro atoms. The van der Waals surface area contributed by atoms with Gasteiger partial charge in [-0.3, -0.25) is 0 Å². The molecule has 0 N–H and O–H groups in total. The highest BCUT2D eigenvalue weighted by atomic mass is 28.4. The van der Waals surface area contributed by atoms with Crippen LogP contribution in [0.2, 0.25) is 13.1 Å². The van der Waals surface area contributed by atoms with Crippen LogP contribution in [0.3, 0.4) is 0 Å². The average molecular weight is 230 g/mol. The van der Waals surface area contributed by atoms with Gasteiger partial charge in [-0.05, 0) is 26.7 Å². The molecule has 88 valence electrons. The molecule has 0 rings (SSSR count). The van der Waals surface area contributed by atoms with Gasteiger partial charge in [-0.1, -0.05) is 13.8 Å².